The Balaban J connectivity index is 2.12. The van der Waals surface area contributed by atoms with E-state index < -0.39 is 6.10 Å². The maximum atomic E-state index is 12.3. The van der Waals surface area contributed by atoms with Gasteiger partial charge < -0.3 is 4.74 Å². The second kappa shape index (κ2) is 6.58. The molecule has 20 heavy (non-hydrogen) atoms. The minimum atomic E-state index is -0.541. The first-order valence-corrected chi connectivity index (χ1v) is 7.03. The molecule has 0 N–H and O–H groups in total. The van der Waals surface area contributed by atoms with E-state index in [1.807, 2.05) is 24.3 Å². The van der Waals surface area contributed by atoms with Gasteiger partial charge in [-0.2, -0.15) is 0 Å². The average Bonchev–Trinajstić information content (AvgIpc) is 2.46. The van der Waals surface area contributed by atoms with Crippen LogP contribution in [-0.4, -0.2) is 11.9 Å². The van der Waals surface area contributed by atoms with E-state index in [1.54, 1.807) is 31.2 Å². The molecule has 0 saturated heterocycles. The number of carbonyl (C=O) groups excluding carboxylic acids is 1. The number of ketones is 1. The van der Waals surface area contributed by atoms with Gasteiger partial charge in [-0.05, 0) is 43.2 Å². The minimum Gasteiger partial charge on any atom is -0.483 e. The Morgan fingerprint density at radius 2 is 1.95 bits per heavy atom. The van der Waals surface area contributed by atoms with Crippen LogP contribution in [0.25, 0.3) is 0 Å². The van der Waals surface area contributed by atoms with Gasteiger partial charge in [-0.3, -0.25) is 4.79 Å². The number of halogens is 1. The Labute approximate surface area is 124 Å². The molecule has 0 aromatic heterocycles. The molecule has 0 saturated carbocycles. The van der Waals surface area contributed by atoms with E-state index in [0.717, 1.165) is 12.0 Å². The summed E-state index contributed by atoms with van der Waals surface area (Å²) in [5.41, 5.74) is 1.82. The smallest absolute Gasteiger partial charge is 0.203 e. The first kappa shape index (κ1) is 14.6. The highest BCUT2D eigenvalue weighted by Crippen LogP contribution is 2.19. The van der Waals surface area contributed by atoms with Crippen LogP contribution in [0.1, 0.15) is 29.8 Å². The van der Waals surface area contributed by atoms with Gasteiger partial charge in [0.15, 0.2) is 6.10 Å². The van der Waals surface area contributed by atoms with Crippen molar-refractivity contribution in [3.8, 4) is 5.75 Å². The molecule has 0 amide bonds. The molecule has 0 aliphatic rings. The van der Waals surface area contributed by atoms with E-state index >= 15 is 0 Å². The van der Waals surface area contributed by atoms with Gasteiger partial charge in [-0.1, -0.05) is 42.8 Å². The van der Waals surface area contributed by atoms with E-state index in [9.17, 15) is 4.79 Å². The molecule has 0 heterocycles. The molecule has 0 aliphatic carbocycles. The predicted octanol–water partition coefficient (Wildman–Crippen LogP) is 4.55. The largest absolute Gasteiger partial charge is 0.483 e. The van der Waals surface area contributed by atoms with Crippen molar-refractivity contribution in [2.75, 3.05) is 0 Å². The van der Waals surface area contributed by atoms with Gasteiger partial charge in [0.2, 0.25) is 5.78 Å². The van der Waals surface area contributed by atoms with Crippen LogP contribution in [0.15, 0.2) is 48.5 Å². The summed E-state index contributed by atoms with van der Waals surface area (Å²) in [4.78, 5) is 12.3. The first-order chi connectivity index (χ1) is 9.60. The SMILES string of the molecule is CCc1cccc(C(=O)C(C)Oc2cccc(Cl)c2)c1. The van der Waals surface area contributed by atoms with E-state index in [1.165, 1.54) is 0 Å². The molecular weight excluding hydrogens is 272 g/mol. The third-order valence-corrected chi connectivity index (χ3v) is 3.33. The quantitative estimate of drug-likeness (QED) is 0.754. The summed E-state index contributed by atoms with van der Waals surface area (Å²) in [5.74, 6) is 0.574. The maximum Gasteiger partial charge on any atom is 0.203 e. The molecular formula is C17H17ClO2. The molecule has 2 aromatic rings. The zero-order chi connectivity index (χ0) is 14.5. The first-order valence-electron chi connectivity index (χ1n) is 6.65. The van der Waals surface area contributed by atoms with Crippen LogP contribution in [0.2, 0.25) is 5.02 Å². The predicted molar refractivity (Wildman–Crippen MR) is 81.7 cm³/mol. The highest BCUT2D eigenvalue weighted by atomic mass is 35.5. The fraction of sp³-hybridized carbons (Fsp3) is 0.235. The van der Waals surface area contributed by atoms with Crippen LogP contribution in [0.5, 0.6) is 5.75 Å². The average molecular weight is 289 g/mol. The van der Waals surface area contributed by atoms with Crippen LogP contribution in [0.4, 0.5) is 0 Å². The summed E-state index contributed by atoms with van der Waals surface area (Å²) in [7, 11) is 0. The Morgan fingerprint density at radius 3 is 2.65 bits per heavy atom. The molecule has 1 unspecified atom stereocenters. The van der Waals surface area contributed by atoms with Crippen molar-refractivity contribution >= 4 is 17.4 Å². The molecule has 0 radical (unpaired) electrons. The van der Waals surface area contributed by atoms with Gasteiger partial charge in [-0.25, -0.2) is 0 Å². The third-order valence-electron chi connectivity index (χ3n) is 3.10. The number of hydrogen-bond donors (Lipinski definition) is 0. The molecule has 1 atom stereocenters. The van der Waals surface area contributed by atoms with Gasteiger partial charge in [0.1, 0.15) is 5.75 Å². The molecule has 3 heteroatoms. The normalized spacial score (nSPS) is 11.9. The highest BCUT2D eigenvalue weighted by Gasteiger charge is 2.17. The van der Waals surface area contributed by atoms with Crippen LogP contribution >= 0.6 is 11.6 Å². The maximum absolute atomic E-state index is 12.3. The van der Waals surface area contributed by atoms with Gasteiger partial charge in [0.25, 0.3) is 0 Å². The topological polar surface area (TPSA) is 26.3 Å². The van der Waals surface area contributed by atoms with Crippen molar-refractivity contribution in [2.24, 2.45) is 0 Å². The third kappa shape index (κ3) is 3.61. The van der Waals surface area contributed by atoms with Crippen molar-refractivity contribution in [1.29, 1.82) is 0 Å². The van der Waals surface area contributed by atoms with Crippen molar-refractivity contribution < 1.29 is 9.53 Å². The van der Waals surface area contributed by atoms with Crippen molar-refractivity contribution in [3.05, 3.63) is 64.7 Å². The molecule has 0 aliphatic heterocycles. The number of hydrogen-bond acceptors (Lipinski definition) is 2. The lowest BCUT2D eigenvalue weighted by Gasteiger charge is -2.14. The number of carbonyl (C=O) groups is 1. The lowest BCUT2D eigenvalue weighted by atomic mass is 10.0. The molecule has 2 rings (SSSR count). The fourth-order valence-corrected chi connectivity index (χ4v) is 2.16. The van der Waals surface area contributed by atoms with E-state index in [4.69, 9.17) is 16.3 Å². The monoisotopic (exact) mass is 288 g/mol. The van der Waals surface area contributed by atoms with Crippen LogP contribution in [-0.2, 0) is 6.42 Å². The number of rotatable bonds is 5. The summed E-state index contributed by atoms with van der Waals surface area (Å²) >= 11 is 5.90. The van der Waals surface area contributed by atoms with Gasteiger partial charge in [0.05, 0.1) is 0 Å². The van der Waals surface area contributed by atoms with E-state index in [0.29, 0.717) is 16.3 Å². The highest BCUT2D eigenvalue weighted by molar-refractivity contribution is 6.30. The second-order valence-electron chi connectivity index (χ2n) is 4.64. The van der Waals surface area contributed by atoms with E-state index in [-0.39, 0.29) is 5.78 Å². The summed E-state index contributed by atoms with van der Waals surface area (Å²) in [5, 5.41) is 0.593. The summed E-state index contributed by atoms with van der Waals surface area (Å²) in [6.07, 6.45) is 0.366. The minimum absolute atomic E-state index is 0.0275. The van der Waals surface area contributed by atoms with Crippen molar-refractivity contribution in [1.82, 2.24) is 0 Å². The fourth-order valence-electron chi connectivity index (χ4n) is 1.98. The lowest BCUT2D eigenvalue weighted by Crippen LogP contribution is -2.24. The summed E-state index contributed by atoms with van der Waals surface area (Å²) in [6.45, 7) is 3.82. The standard InChI is InChI=1S/C17H17ClO2/c1-3-13-6-4-7-14(10-13)17(19)12(2)20-16-9-5-8-15(18)11-16/h4-12H,3H2,1-2H3. The Morgan fingerprint density at radius 1 is 1.20 bits per heavy atom. The Kier molecular flexibility index (Phi) is 4.80. The zero-order valence-corrected chi connectivity index (χ0v) is 12.4. The van der Waals surface area contributed by atoms with Gasteiger partial charge >= 0.3 is 0 Å². The summed E-state index contributed by atoms with van der Waals surface area (Å²) < 4.78 is 5.65. The number of ether oxygens (including phenoxy) is 1. The van der Waals surface area contributed by atoms with Crippen LogP contribution in [0.3, 0.4) is 0 Å². The molecule has 2 aromatic carbocycles. The Hall–Kier alpha value is -1.80. The molecule has 0 bridgehead atoms. The Bertz CT molecular complexity index is 607. The molecule has 104 valence electrons. The number of Topliss-reactive ketones (excluding diaryl/α,β-unsaturated/α-hetero) is 1. The zero-order valence-electron chi connectivity index (χ0n) is 11.6. The lowest BCUT2D eigenvalue weighted by molar-refractivity contribution is 0.0818. The van der Waals surface area contributed by atoms with Gasteiger partial charge in [0, 0.05) is 10.6 Å². The van der Waals surface area contributed by atoms with Gasteiger partial charge in [-0.15, -0.1) is 0 Å². The van der Waals surface area contributed by atoms with Crippen molar-refractivity contribution in [2.45, 2.75) is 26.4 Å². The number of benzene rings is 2. The molecule has 0 spiro atoms. The second-order valence-corrected chi connectivity index (χ2v) is 5.07. The summed E-state index contributed by atoms with van der Waals surface area (Å²) in [6, 6.07) is 14.7. The number of aryl methyl sites for hydroxylation is 1. The van der Waals surface area contributed by atoms with Crippen LogP contribution < -0.4 is 4.74 Å². The van der Waals surface area contributed by atoms with Crippen molar-refractivity contribution in [3.63, 3.8) is 0 Å². The van der Waals surface area contributed by atoms with Crippen LogP contribution in [0, 0.1) is 0 Å². The van der Waals surface area contributed by atoms with E-state index in [2.05, 4.69) is 6.92 Å². The molecule has 0 fully saturated rings. The molecule has 2 nitrogen and oxygen atoms in total.